The van der Waals surface area contributed by atoms with Gasteiger partial charge in [0.15, 0.2) is 0 Å². The summed E-state index contributed by atoms with van der Waals surface area (Å²) in [4.78, 5) is 10.6. The van der Waals surface area contributed by atoms with E-state index in [9.17, 15) is 18.5 Å². The Morgan fingerprint density at radius 3 is 2.44 bits per heavy atom. The lowest BCUT2D eigenvalue weighted by atomic mass is 10.1. The second-order valence-corrected chi connectivity index (χ2v) is 8.55. The highest BCUT2D eigenvalue weighted by Crippen LogP contribution is 2.38. The molecule has 0 amide bonds. The van der Waals surface area contributed by atoms with E-state index in [1.165, 1.54) is 16.4 Å². The van der Waals surface area contributed by atoms with Crippen LogP contribution in [-0.4, -0.2) is 31.3 Å². The third kappa shape index (κ3) is 3.54. The Bertz CT molecular complexity index is 970. The molecule has 8 heteroatoms. The van der Waals surface area contributed by atoms with Gasteiger partial charge in [0.2, 0.25) is 10.0 Å². The van der Waals surface area contributed by atoms with Crippen molar-refractivity contribution in [3.8, 4) is 5.75 Å². The zero-order chi connectivity index (χ0) is 19.8. The Hall–Kier alpha value is -2.45. The van der Waals surface area contributed by atoms with Crippen LogP contribution >= 0.6 is 0 Å². The zero-order valence-electron chi connectivity index (χ0n) is 15.5. The van der Waals surface area contributed by atoms with Gasteiger partial charge in [-0.15, -0.1) is 0 Å². The maximum Gasteiger partial charge on any atom is 0.271 e. The Labute approximate surface area is 158 Å². The maximum atomic E-state index is 13.4. The minimum absolute atomic E-state index is 0.00890. The van der Waals surface area contributed by atoms with Gasteiger partial charge in [-0.2, -0.15) is 4.31 Å². The van der Waals surface area contributed by atoms with Crippen LogP contribution in [0.5, 0.6) is 5.75 Å². The quantitative estimate of drug-likeness (QED) is 0.573. The van der Waals surface area contributed by atoms with Gasteiger partial charge in [-0.05, 0) is 55.5 Å². The molecule has 1 unspecified atom stereocenters. The summed E-state index contributed by atoms with van der Waals surface area (Å²) >= 11 is 0. The van der Waals surface area contributed by atoms with Crippen molar-refractivity contribution in [1.82, 2.24) is 4.31 Å². The number of nitro groups is 1. The van der Waals surface area contributed by atoms with Crippen LogP contribution in [0.1, 0.15) is 35.6 Å². The van der Waals surface area contributed by atoms with E-state index < -0.39 is 14.9 Å². The van der Waals surface area contributed by atoms with Gasteiger partial charge >= 0.3 is 0 Å². The highest BCUT2D eigenvalue weighted by atomic mass is 32.2. The molecule has 0 aliphatic carbocycles. The van der Waals surface area contributed by atoms with Gasteiger partial charge in [0, 0.05) is 18.7 Å². The van der Waals surface area contributed by atoms with Gasteiger partial charge in [0.25, 0.3) is 5.69 Å². The topological polar surface area (TPSA) is 89.8 Å². The molecular weight excluding hydrogens is 368 g/mol. The molecule has 0 bridgehead atoms. The minimum atomic E-state index is -3.86. The molecule has 0 saturated carbocycles. The van der Waals surface area contributed by atoms with Crippen LogP contribution in [0, 0.1) is 24.0 Å². The number of ether oxygens (including phenoxy) is 1. The van der Waals surface area contributed by atoms with Crippen molar-refractivity contribution in [2.24, 2.45) is 0 Å². The summed E-state index contributed by atoms with van der Waals surface area (Å²) in [6, 6.07) is 9.62. The monoisotopic (exact) mass is 390 g/mol. The predicted octanol–water partition coefficient (Wildman–Crippen LogP) is 3.75. The Morgan fingerprint density at radius 1 is 1.19 bits per heavy atom. The molecule has 0 aromatic heterocycles. The SMILES string of the molecule is COc1ccc(C2CCCN2S(=O)(=O)c2cc([N+](=O)[O-])cc(C)c2C)cc1. The van der Waals surface area contributed by atoms with E-state index in [0.717, 1.165) is 12.0 Å². The van der Waals surface area contributed by atoms with Crippen LogP contribution in [0.4, 0.5) is 5.69 Å². The summed E-state index contributed by atoms with van der Waals surface area (Å²) in [5, 5.41) is 11.2. The standard InChI is InChI=1S/C19H22N2O5S/c1-13-11-16(21(22)23)12-19(14(13)2)27(24,25)20-10-4-5-18(20)15-6-8-17(26-3)9-7-15/h6-9,11-12,18H,4-5,10H2,1-3H3. The Kier molecular flexibility index (Phi) is 5.21. The first kappa shape index (κ1) is 19.3. The first-order chi connectivity index (χ1) is 12.8. The van der Waals surface area contributed by atoms with Crippen LogP contribution in [0.3, 0.4) is 0 Å². The molecule has 2 aromatic rings. The van der Waals surface area contributed by atoms with Gasteiger partial charge in [0.1, 0.15) is 5.75 Å². The number of nitrogens with zero attached hydrogens (tertiary/aromatic N) is 2. The average molecular weight is 390 g/mol. The van der Waals surface area contributed by atoms with E-state index in [2.05, 4.69) is 0 Å². The number of sulfonamides is 1. The van der Waals surface area contributed by atoms with Gasteiger partial charge in [-0.25, -0.2) is 8.42 Å². The van der Waals surface area contributed by atoms with Crippen LogP contribution in [0.2, 0.25) is 0 Å². The Balaban J connectivity index is 2.04. The highest BCUT2D eigenvalue weighted by Gasteiger charge is 2.37. The lowest BCUT2D eigenvalue weighted by molar-refractivity contribution is -0.385. The van der Waals surface area contributed by atoms with Gasteiger partial charge in [-0.3, -0.25) is 10.1 Å². The van der Waals surface area contributed by atoms with E-state index >= 15 is 0 Å². The zero-order valence-corrected chi connectivity index (χ0v) is 16.3. The molecule has 144 valence electrons. The maximum absolute atomic E-state index is 13.4. The lowest BCUT2D eigenvalue weighted by Gasteiger charge is -2.25. The smallest absolute Gasteiger partial charge is 0.271 e. The molecule has 27 heavy (non-hydrogen) atoms. The normalized spacial score (nSPS) is 17.8. The average Bonchev–Trinajstić information content (AvgIpc) is 3.14. The molecule has 3 rings (SSSR count). The molecule has 7 nitrogen and oxygen atoms in total. The van der Waals surface area contributed by atoms with Crippen LogP contribution in [-0.2, 0) is 10.0 Å². The summed E-state index contributed by atoms with van der Waals surface area (Å²) in [6.07, 6.45) is 1.45. The third-order valence-corrected chi connectivity index (χ3v) is 7.14. The third-order valence-electron chi connectivity index (χ3n) is 5.11. The largest absolute Gasteiger partial charge is 0.497 e. The fourth-order valence-electron chi connectivity index (χ4n) is 3.50. The van der Waals surface area contributed by atoms with Gasteiger partial charge in [0.05, 0.1) is 23.0 Å². The first-order valence-corrected chi connectivity index (χ1v) is 10.1. The van der Waals surface area contributed by atoms with Crippen molar-refractivity contribution >= 4 is 15.7 Å². The number of hydrogen-bond acceptors (Lipinski definition) is 5. The molecule has 1 aliphatic rings. The van der Waals surface area contributed by atoms with Crippen LogP contribution < -0.4 is 4.74 Å². The van der Waals surface area contributed by atoms with Crippen molar-refractivity contribution in [2.75, 3.05) is 13.7 Å². The van der Waals surface area contributed by atoms with E-state index in [0.29, 0.717) is 29.8 Å². The van der Waals surface area contributed by atoms with Crippen molar-refractivity contribution in [3.05, 3.63) is 63.2 Å². The van der Waals surface area contributed by atoms with Gasteiger partial charge < -0.3 is 4.74 Å². The van der Waals surface area contributed by atoms with E-state index in [4.69, 9.17) is 4.74 Å². The predicted molar refractivity (Wildman–Crippen MR) is 101 cm³/mol. The highest BCUT2D eigenvalue weighted by molar-refractivity contribution is 7.89. The van der Waals surface area contributed by atoms with E-state index in [1.807, 2.05) is 12.1 Å². The molecule has 0 N–H and O–H groups in total. The van der Waals surface area contributed by atoms with Crippen molar-refractivity contribution < 1.29 is 18.1 Å². The fraction of sp³-hybridized carbons (Fsp3) is 0.368. The molecule has 1 fully saturated rings. The lowest BCUT2D eigenvalue weighted by Crippen LogP contribution is -2.31. The molecule has 2 aromatic carbocycles. The van der Waals surface area contributed by atoms with E-state index in [-0.39, 0.29) is 16.6 Å². The molecule has 1 aliphatic heterocycles. The molecule has 1 saturated heterocycles. The van der Waals surface area contributed by atoms with Crippen LogP contribution in [0.25, 0.3) is 0 Å². The van der Waals surface area contributed by atoms with Crippen molar-refractivity contribution in [3.63, 3.8) is 0 Å². The number of rotatable bonds is 5. The van der Waals surface area contributed by atoms with Crippen LogP contribution in [0.15, 0.2) is 41.3 Å². The van der Waals surface area contributed by atoms with E-state index in [1.54, 1.807) is 33.1 Å². The summed E-state index contributed by atoms with van der Waals surface area (Å²) in [5.74, 6) is 0.705. The molecule has 1 atom stereocenters. The van der Waals surface area contributed by atoms with Gasteiger partial charge in [-0.1, -0.05) is 12.1 Å². The van der Waals surface area contributed by atoms with Crippen molar-refractivity contribution in [1.29, 1.82) is 0 Å². The molecular formula is C19H22N2O5S. The first-order valence-electron chi connectivity index (χ1n) is 8.67. The number of hydrogen-bond donors (Lipinski definition) is 0. The summed E-state index contributed by atoms with van der Waals surface area (Å²) in [5.41, 5.74) is 1.80. The summed E-state index contributed by atoms with van der Waals surface area (Å²) in [6.45, 7) is 3.76. The summed E-state index contributed by atoms with van der Waals surface area (Å²) < 4.78 is 33.4. The fourth-order valence-corrected chi connectivity index (χ4v) is 5.50. The number of aryl methyl sites for hydroxylation is 1. The minimum Gasteiger partial charge on any atom is -0.497 e. The number of methoxy groups -OCH3 is 1. The van der Waals surface area contributed by atoms with Crippen molar-refractivity contribution in [2.45, 2.75) is 37.6 Å². The molecule has 1 heterocycles. The second-order valence-electron chi connectivity index (χ2n) is 6.69. The molecule has 0 spiro atoms. The number of nitro benzene ring substituents is 1. The number of benzene rings is 2. The number of non-ortho nitro benzene ring substituents is 1. The summed E-state index contributed by atoms with van der Waals surface area (Å²) in [7, 11) is -2.29. The molecule has 0 radical (unpaired) electrons. The second kappa shape index (κ2) is 7.28. The Morgan fingerprint density at radius 2 is 1.85 bits per heavy atom.